The van der Waals surface area contributed by atoms with Crippen molar-refractivity contribution in [2.24, 2.45) is 0 Å². The minimum atomic E-state index is -0.260. The van der Waals surface area contributed by atoms with E-state index in [9.17, 15) is 4.79 Å². The number of nitrogens with zero attached hydrogens (tertiary/aromatic N) is 2. The van der Waals surface area contributed by atoms with E-state index in [1.54, 1.807) is 30.3 Å². The summed E-state index contributed by atoms with van der Waals surface area (Å²) in [6.07, 6.45) is 1.54. The SMILES string of the molecule is O=C(Nc1cccnn1)c1ccc(I)c(Cl)c1. The number of nitrogens with one attached hydrogen (secondary N) is 1. The Bertz CT molecular complexity index is 548. The Morgan fingerprint density at radius 1 is 1.35 bits per heavy atom. The van der Waals surface area contributed by atoms with Gasteiger partial charge in [-0.05, 0) is 52.9 Å². The lowest BCUT2D eigenvalue weighted by molar-refractivity contribution is 0.102. The maximum Gasteiger partial charge on any atom is 0.256 e. The molecule has 0 aliphatic carbocycles. The van der Waals surface area contributed by atoms with Crippen molar-refractivity contribution in [2.45, 2.75) is 0 Å². The topological polar surface area (TPSA) is 54.9 Å². The third-order valence-corrected chi connectivity index (χ3v) is 3.57. The summed E-state index contributed by atoms with van der Waals surface area (Å²) >= 11 is 8.05. The molecule has 0 atom stereocenters. The van der Waals surface area contributed by atoms with Gasteiger partial charge in [-0.2, -0.15) is 5.10 Å². The third kappa shape index (κ3) is 3.13. The van der Waals surface area contributed by atoms with Crippen LogP contribution in [0.25, 0.3) is 0 Å². The summed E-state index contributed by atoms with van der Waals surface area (Å²) in [6.45, 7) is 0. The first-order valence-electron chi connectivity index (χ1n) is 4.71. The quantitative estimate of drug-likeness (QED) is 0.839. The van der Waals surface area contributed by atoms with Gasteiger partial charge in [0.25, 0.3) is 5.91 Å². The molecule has 0 radical (unpaired) electrons. The number of benzene rings is 1. The highest BCUT2D eigenvalue weighted by Gasteiger charge is 2.08. The maximum atomic E-state index is 11.8. The molecule has 0 fully saturated rings. The number of carbonyl (C=O) groups excluding carboxylic acids is 1. The van der Waals surface area contributed by atoms with E-state index >= 15 is 0 Å². The summed E-state index contributed by atoms with van der Waals surface area (Å²) in [4.78, 5) is 11.8. The smallest absolute Gasteiger partial charge is 0.256 e. The molecule has 0 aliphatic rings. The third-order valence-electron chi connectivity index (χ3n) is 2.00. The Morgan fingerprint density at radius 3 is 2.82 bits per heavy atom. The molecule has 1 amide bonds. The van der Waals surface area contributed by atoms with Gasteiger partial charge in [0.1, 0.15) is 0 Å². The van der Waals surface area contributed by atoms with E-state index in [1.165, 1.54) is 6.20 Å². The van der Waals surface area contributed by atoms with Gasteiger partial charge in [0.05, 0.1) is 5.02 Å². The van der Waals surface area contributed by atoms with Crippen LogP contribution in [0.1, 0.15) is 10.4 Å². The maximum absolute atomic E-state index is 11.8. The summed E-state index contributed by atoms with van der Waals surface area (Å²) < 4.78 is 0.903. The zero-order chi connectivity index (χ0) is 12.3. The molecule has 0 saturated carbocycles. The Kier molecular flexibility index (Phi) is 3.90. The molecule has 0 saturated heterocycles. The second-order valence-corrected chi connectivity index (χ2v) is 4.76. The van der Waals surface area contributed by atoms with Crippen LogP contribution in [0.2, 0.25) is 5.02 Å². The number of rotatable bonds is 2. The first-order chi connectivity index (χ1) is 8.16. The molecule has 2 rings (SSSR count). The van der Waals surface area contributed by atoms with E-state index in [-0.39, 0.29) is 5.91 Å². The van der Waals surface area contributed by atoms with Crippen LogP contribution in [0, 0.1) is 3.57 Å². The van der Waals surface area contributed by atoms with E-state index in [4.69, 9.17) is 11.6 Å². The fraction of sp³-hybridized carbons (Fsp3) is 0. The molecule has 0 unspecified atom stereocenters. The highest BCUT2D eigenvalue weighted by Crippen LogP contribution is 2.20. The van der Waals surface area contributed by atoms with Gasteiger partial charge in [0.2, 0.25) is 0 Å². The molecule has 1 heterocycles. The average Bonchev–Trinajstić information content (AvgIpc) is 2.34. The van der Waals surface area contributed by atoms with E-state index < -0.39 is 0 Å². The molecule has 1 aromatic carbocycles. The summed E-state index contributed by atoms with van der Waals surface area (Å²) in [5.74, 6) is 0.149. The largest absolute Gasteiger partial charge is 0.305 e. The number of carbonyl (C=O) groups is 1. The first kappa shape index (κ1) is 12.3. The fourth-order valence-corrected chi connectivity index (χ4v) is 1.71. The van der Waals surface area contributed by atoms with Gasteiger partial charge >= 0.3 is 0 Å². The van der Waals surface area contributed by atoms with Gasteiger partial charge in [-0.3, -0.25) is 4.79 Å². The highest BCUT2D eigenvalue weighted by molar-refractivity contribution is 14.1. The van der Waals surface area contributed by atoms with Crippen LogP contribution >= 0.6 is 34.2 Å². The van der Waals surface area contributed by atoms with Crippen LogP contribution in [0.5, 0.6) is 0 Å². The lowest BCUT2D eigenvalue weighted by Crippen LogP contribution is -2.13. The Labute approximate surface area is 117 Å². The van der Waals surface area contributed by atoms with Crippen molar-refractivity contribution in [2.75, 3.05) is 5.32 Å². The van der Waals surface area contributed by atoms with Crippen LogP contribution in [0.4, 0.5) is 5.82 Å². The lowest BCUT2D eigenvalue weighted by Gasteiger charge is -2.04. The Hall–Kier alpha value is -1.21. The van der Waals surface area contributed by atoms with Gasteiger partial charge in [-0.15, -0.1) is 5.10 Å². The summed E-state index contributed by atoms with van der Waals surface area (Å²) in [5, 5.41) is 10.6. The first-order valence-corrected chi connectivity index (χ1v) is 6.16. The minimum Gasteiger partial charge on any atom is -0.305 e. The van der Waals surface area contributed by atoms with Crippen LogP contribution < -0.4 is 5.32 Å². The Balaban J connectivity index is 2.18. The molecule has 1 N–H and O–H groups in total. The predicted octanol–water partition coefficient (Wildman–Crippen LogP) is 2.99. The molecule has 17 heavy (non-hydrogen) atoms. The summed E-state index contributed by atoms with van der Waals surface area (Å²) in [7, 11) is 0. The number of amides is 1. The summed E-state index contributed by atoms with van der Waals surface area (Å²) in [5.41, 5.74) is 0.487. The van der Waals surface area contributed by atoms with Crippen molar-refractivity contribution in [1.29, 1.82) is 0 Å². The van der Waals surface area contributed by atoms with Gasteiger partial charge in [0, 0.05) is 15.3 Å². The molecule has 4 nitrogen and oxygen atoms in total. The van der Waals surface area contributed by atoms with E-state index in [2.05, 4.69) is 38.1 Å². The van der Waals surface area contributed by atoms with Crippen LogP contribution in [-0.2, 0) is 0 Å². The molecule has 1 aromatic heterocycles. The van der Waals surface area contributed by atoms with Gasteiger partial charge < -0.3 is 5.32 Å². The second-order valence-electron chi connectivity index (χ2n) is 3.19. The average molecular weight is 360 g/mol. The summed E-state index contributed by atoms with van der Waals surface area (Å²) in [6, 6.07) is 8.48. The molecule has 6 heteroatoms. The molecule has 86 valence electrons. The number of halogens is 2. The van der Waals surface area contributed by atoms with Crippen molar-refractivity contribution in [3.05, 3.63) is 50.7 Å². The zero-order valence-corrected chi connectivity index (χ0v) is 11.4. The minimum absolute atomic E-state index is 0.260. The van der Waals surface area contributed by atoms with Crippen molar-refractivity contribution in [3.8, 4) is 0 Å². The monoisotopic (exact) mass is 359 g/mol. The molecular formula is C11H7ClIN3O. The van der Waals surface area contributed by atoms with Crippen molar-refractivity contribution < 1.29 is 4.79 Å². The van der Waals surface area contributed by atoms with Gasteiger partial charge in [0.15, 0.2) is 5.82 Å². The van der Waals surface area contributed by atoms with Gasteiger partial charge in [-0.25, -0.2) is 0 Å². The van der Waals surface area contributed by atoms with E-state index in [0.717, 1.165) is 3.57 Å². The van der Waals surface area contributed by atoms with Crippen molar-refractivity contribution in [3.63, 3.8) is 0 Å². The number of anilines is 1. The Morgan fingerprint density at radius 2 is 2.18 bits per heavy atom. The molecular weight excluding hydrogens is 352 g/mol. The standard InChI is InChI=1S/C11H7ClIN3O/c12-8-6-7(3-4-9(8)13)11(17)15-10-2-1-5-14-16-10/h1-6H,(H,15,16,17). The number of hydrogen-bond acceptors (Lipinski definition) is 3. The second kappa shape index (κ2) is 5.42. The van der Waals surface area contributed by atoms with E-state index in [0.29, 0.717) is 16.4 Å². The van der Waals surface area contributed by atoms with Crippen molar-refractivity contribution >= 4 is 45.9 Å². The number of hydrogen-bond donors (Lipinski definition) is 1. The van der Waals surface area contributed by atoms with Gasteiger partial charge in [-0.1, -0.05) is 11.6 Å². The molecule has 0 bridgehead atoms. The fourth-order valence-electron chi connectivity index (χ4n) is 1.19. The predicted molar refractivity (Wildman–Crippen MR) is 74.2 cm³/mol. The van der Waals surface area contributed by atoms with Crippen molar-refractivity contribution in [1.82, 2.24) is 10.2 Å². The van der Waals surface area contributed by atoms with Crippen LogP contribution in [0.15, 0.2) is 36.5 Å². The lowest BCUT2D eigenvalue weighted by atomic mass is 10.2. The van der Waals surface area contributed by atoms with Crippen LogP contribution in [0.3, 0.4) is 0 Å². The molecule has 0 spiro atoms. The highest BCUT2D eigenvalue weighted by atomic mass is 127. The zero-order valence-electron chi connectivity index (χ0n) is 8.52. The molecule has 2 aromatic rings. The van der Waals surface area contributed by atoms with Crippen LogP contribution in [-0.4, -0.2) is 16.1 Å². The van der Waals surface area contributed by atoms with E-state index in [1.807, 2.05) is 0 Å². The number of aromatic nitrogens is 2. The molecule has 0 aliphatic heterocycles. The normalized spacial score (nSPS) is 10.0.